The molecule has 0 radical (unpaired) electrons. The van der Waals surface area contributed by atoms with Crippen LogP contribution >= 0.6 is 0 Å². The van der Waals surface area contributed by atoms with E-state index in [0.29, 0.717) is 11.0 Å². The van der Waals surface area contributed by atoms with E-state index in [9.17, 15) is 4.79 Å². The van der Waals surface area contributed by atoms with Gasteiger partial charge < -0.3 is 15.0 Å². The highest BCUT2D eigenvalue weighted by Crippen LogP contribution is 2.40. The van der Waals surface area contributed by atoms with E-state index < -0.39 is 0 Å². The van der Waals surface area contributed by atoms with Crippen molar-refractivity contribution in [1.82, 2.24) is 5.32 Å². The first-order valence-corrected chi connectivity index (χ1v) is 6.37. The van der Waals surface area contributed by atoms with Crippen molar-refractivity contribution >= 4 is 11.7 Å². The normalized spacial score (nSPS) is 20.8. The summed E-state index contributed by atoms with van der Waals surface area (Å²) in [6.07, 6.45) is 1.24. The largest absolute Gasteiger partial charge is 0.465 e. The highest BCUT2D eigenvalue weighted by atomic mass is 16.5. The minimum Gasteiger partial charge on any atom is -0.465 e. The van der Waals surface area contributed by atoms with E-state index in [-0.39, 0.29) is 5.97 Å². The number of para-hydroxylation sites is 1. The number of carbonyl (C=O) groups excluding carboxylic acids is 1. The van der Waals surface area contributed by atoms with Gasteiger partial charge in [0.05, 0.1) is 18.4 Å². The van der Waals surface area contributed by atoms with Crippen molar-refractivity contribution < 1.29 is 9.53 Å². The van der Waals surface area contributed by atoms with Crippen molar-refractivity contribution in [2.45, 2.75) is 6.42 Å². The zero-order chi connectivity index (χ0) is 12.6. The van der Waals surface area contributed by atoms with Gasteiger partial charge in [0.2, 0.25) is 0 Å². The Kier molecular flexibility index (Phi) is 2.74. The van der Waals surface area contributed by atoms with Crippen LogP contribution in [0.5, 0.6) is 0 Å². The van der Waals surface area contributed by atoms with Crippen LogP contribution in [0.25, 0.3) is 0 Å². The second-order valence-corrected chi connectivity index (χ2v) is 5.29. The molecule has 4 nitrogen and oxygen atoms in total. The molecule has 0 aliphatic carbocycles. The third-order valence-corrected chi connectivity index (χ3v) is 4.03. The molecule has 1 aromatic carbocycles. The smallest absolute Gasteiger partial charge is 0.339 e. The van der Waals surface area contributed by atoms with Crippen LogP contribution in [-0.2, 0) is 4.74 Å². The van der Waals surface area contributed by atoms with Gasteiger partial charge in [-0.05, 0) is 25.1 Å². The fourth-order valence-electron chi connectivity index (χ4n) is 3.03. The summed E-state index contributed by atoms with van der Waals surface area (Å²) in [5, 5.41) is 3.42. The van der Waals surface area contributed by atoms with E-state index >= 15 is 0 Å². The number of rotatable bonds is 2. The van der Waals surface area contributed by atoms with Crippen LogP contribution in [0.15, 0.2) is 24.3 Å². The summed E-state index contributed by atoms with van der Waals surface area (Å²) in [5.74, 6) is -0.254. The van der Waals surface area contributed by atoms with Gasteiger partial charge in [0.15, 0.2) is 0 Å². The van der Waals surface area contributed by atoms with Gasteiger partial charge in [-0.25, -0.2) is 4.79 Å². The average molecular weight is 246 g/mol. The van der Waals surface area contributed by atoms with E-state index in [1.54, 1.807) is 0 Å². The van der Waals surface area contributed by atoms with Crippen LogP contribution in [-0.4, -0.2) is 39.3 Å². The molecule has 2 aliphatic rings. The minimum atomic E-state index is -0.254. The van der Waals surface area contributed by atoms with Gasteiger partial charge >= 0.3 is 5.97 Å². The van der Waals surface area contributed by atoms with Crippen molar-refractivity contribution in [2.75, 3.05) is 38.2 Å². The number of benzene rings is 1. The predicted molar refractivity (Wildman–Crippen MR) is 69.9 cm³/mol. The summed E-state index contributed by atoms with van der Waals surface area (Å²) >= 11 is 0. The fourth-order valence-corrected chi connectivity index (χ4v) is 3.03. The fraction of sp³-hybridized carbons (Fsp3) is 0.500. The van der Waals surface area contributed by atoms with Crippen molar-refractivity contribution in [3.8, 4) is 0 Å². The molecule has 1 spiro atoms. The Bertz CT molecular complexity index is 459. The Morgan fingerprint density at radius 1 is 1.39 bits per heavy atom. The van der Waals surface area contributed by atoms with Gasteiger partial charge in [0, 0.05) is 25.0 Å². The topological polar surface area (TPSA) is 41.6 Å². The van der Waals surface area contributed by atoms with E-state index in [0.717, 1.165) is 31.9 Å². The van der Waals surface area contributed by atoms with E-state index in [4.69, 9.17) is 4.74 Å². The second-order valence-electron chi connectivity index (χ2n) is 5.29. The summed E-state index contributed by atoms with van der Waals surface area (Å²) in [5.41, 5.74) is 2.10. The quantitative estimate of drug-likeness (QED) is 0.798. The Balaban J connectivity index is 1.79. The number of carbonyl (C=O) groups is 1. The van der Waals surface area contributed by atoms with Crippen molar-refractivity contribution in [1.29, 1.82) is 0 Å². The van der Waals surface area contributed by atoms with Gasteiger partial charge in [-0.15, -0.1) is 0 Å². The summed E-state index contributed by atoms with van der Waals surface area (Å²) in [4.78, 5) is 14.0. The van der Waals surface area contributed by atoms with Gasteiger partial charge in [0.25, 0.3) is 0 Å². The molecule has 0 unspecified atom stereocenters. The van der Waals surface area contributed by atoms with Crippen molar-refractivity contribution in [3.63, 3.8) is 0 Å². The lowest BCUT2D eigenvalue weighted by Crippen LogP contribution is -2.57. The summed E-state index contributed by atoms with van der Waals surface area (Å²) in [7, 11) is 1.43. The molecule has 0 aromatic heterocycles. The standard InChI is InChI=1S/C14H18N2O2/c1-18-13(17)11-4-2-3-5-12(11)16-9-14(10-16)6-7-15-8-14/h2-5,15H,6-10H2,1H3. The van der Waals surface area contributed by atoms with E-state index in [2.05, 4.69) is 10.2 Å². The summed E-state index contributed by atoms with van der Waals surface area (Å²) < 4.78 is 4.83. The lowest BCUT2D eigenvalue weighted by Gasteiger charge is -2.49. The number of ether oxygens (including phenoxy) is 1. The van der Waals surface area contributed by atoms with Crippen LogP contribution in [0.3, 0.4) is 0 Å². The molecular weight excluding hydrogens is 228 g/mol. The highest BCUT2D eigenvalue weighted by Gasteiger charge is 2.45. The molecule has 0 amide bonds. The number of nitrogens with one attached hydrogen (secondary N) is 1. The highest BCUT2D eigenvalue weighted by molar-refractivity contribution is 5.96. The number of methoxy groups -OCH3 is 1. The molecule has 0 atom stereocenters. The Hall–Kier alpha value is -1.55. The Labute approximate surface area is 107 Å². The maximum Gasteiger partial charge on any atom is 0.339 e. The van der Waals surface area contributed by atoms with Crippen LogP contribution < -0.4 is 10.2 Å². The molecule has 2 aliphatic heterocycles. The average Bonchev–Trinajstić information content (AvgIpc) is 2.85. The molecule has 96 valence electrons. The Morgan fingerprint density at radius 3 is 2.83 bits per heavy atom. The molecule has 1 N–H and O–H groups in total. The van der Waals surface area contributed by atoms with Crippen LogP contribution in [0.1, 0.15) is 16.8 Å². The first-order chi connectivity index (χ1) is 8.74. The molecule has 0 bridgehead atoms. The number of esters is 1. The van der Waals surface area contributed by atoms with Gasteiger partial charge in [-0.2, -0.15) is 0 Å². The number of hydrogen-bond acceptors (Lipinski definition) is 4. The molecule has 18 heavy (non-hydrogen) atoms. The first kappa shape index (κ1) is 11.5. The lowest BCUT2D eigenvalue weighted by atomic mass is 9.78. The Morgan fingerprint density at radius 2 is 2.17 bits per heavy atom. The van der Waals surface area contributed by atoms with Crippen LogP contribution in [0.2, 0.25) is 0 Å². The van der Waals surface area contributed by atoms with Crippen molar-refractivity contribution in [3.05, 3.63) is 29.8 Å². The second kappa shape index (κ2) is 4.28. The molecular formula is C14H18N2O2. The van der Waals surface area contributed by atoms with Crippen LogP contribution in [0.4, 0.5) is 5.69 Å². The van der Waals surface area contributed by atoms with Gasteiger partial charge in [-0.1, -0.05) is 12.1 Å². The van der Waals surface area contributed by atoms with Gasteiger partial charge in [-0.3, -0.25) is 0 Å². The van der Waals surface area contributed by atoms with Gasteiger partial charge in [0.1, 0.15) is 0 Å². The first-order valence-electron chi connectivity index (χ1n) is 6.37. The monoisotopic (exact) mass is 246 g/mol. The molecule has 0 saturated carbocycles. The number of anilines is 1. The van der Waals surface area contributed by atoms with Crippen molar-refractivity contribution in [2.24, 2.45) is 5.41 Å². The molecule has 4 heteroatoms. The zero-order valence-electron chi connectivity index (χ0n) is 10.6. The third-order valence-electron chi connectivity index (χ3n) is 4.03. The maximum absolute atomic E-state index is 11.7. The lowest BCUT2D eigenvalue weighted by molar-refractivity contribution is 0.0600. The molecule has 1 aromatic rings. The third kappa shape index (κ3) is 1.77. The maximum atomic E-state index is 11.7. The molecule has 3 rings (SSSR count). The molecule has 2 heterocycles. The zero-order valence-corrected chi connectivity index (χ0v) is 10.6. The summed E-state index contributed by atoms with van der Waals surface area (Å²) in [6, 6.07) is 7.68. The van der Waals surface area contributed by atoms with E-state index in [1.165, 1.54) is 13.5 Å². The van der Waals surface area contributed by atoms with E-state index in [1.807, 2.05) is 24.3 Å². The predicted octanol–water partition coefficient (Wildman–Crippen LogP) is 1.27. The minimum absolute atomic E-state index is 0.254. The SMILES string of the molecule is COC(=O)c1ccccc1N1CC2(CCNC2)C1. The number of hydrogen-bond donors (Lipinski definition) is 1. The number of nitrogens with zero attached hydrogens (tertiary/aromatic N) is 1. The molecule has 2 fully saturated rings. The molecule has 2 saturated heterocycles. The summed E-state index contributed by atoms with van der Waals surface area (Å²) in [6.45, 7) is 4.29. The van der Waals surface area contributed by atoms with Crippen LogP contribution in [0, 0.1) is 5.41 Å².